The van der Waals surface area contributed by atoms with Crippen LogP contribution in [0.2, 0.25) is 0 Å². The molecule has 100 valence electrons. The minimum atomic E-state index is 0.174. The molecule has 1 atom stereocenters. The maximum atomic E-state index is 10.9. The number of allylic oxidation sites excluding steroid dienone is 2. The second-order valence-corrected chi connectivity index (χ2v) is 5.92. The molecule has 0 radical (unpaired) electrons. The third-order valence-electron chi connectivity index (χ3n) is 3.20. The predicted molar refractivity (Wildman–Crippen MR) is 76.1 cm³/mol. The van der Waals surface area contributed by atoms with E-state index in [1.54, 1.807) is 13.0 Å². The van der Waals surface area contributed by atoms with Crippen molar-refractivity contribution in [3.63, 3.8) is 0 Å². The van der Waals surface area contributed by atoms with Crippen molar-refractivity contribution in [1.29, 1.82) is 0 Å². The van der Waals surface area contributed by atoms with Crippen molar-refractivity contribution in [2.24, 2.45) is 11.8 Å². The molecular weight excluding hydrogens is 208 g/mol. The van der Waals surface area contributed by atoms with Crippen molar-refractivity contribution >= 4 is 5.78 Å². The van der Waals surface area contributed by atoms with Crippen LogP contribution in [0.15, 0.2) is 11.6 Å². The Kier molecular flexibility index (Phi) is 9.11. The number of rotatable bonds is 9. The van der Waals surface area contributed by atoms with Crippen LogP contribution < -0.4 is 0 Å². The first-order valence-corrected chi connectivity index (χ1v) is 7.09. The van der Waals surface area contributed by atoms with E-state index in [1.807, 2.05) is 0 Å². The molecule has 1 unspecified atom stereocenters. The highest BCUT2D eigenvalue weighted by molar-refractivity contribution is 5.87. The molecule has 0 aromatic rings. The average Bonchev–Trinajstić information content (AvgIpc) is 2.15. The van der Waals surface area contributed by atoms with Crippen molar-refractivity contribution in [3.05, 3.63) is 11.6 Å². The highest BCUT2D eigenvalue weighted by Crippen LogP contribution is 2.18. The van der Waals surface area contributed by atoms with Crippen LogP contribution in [-0.4, -0.2) is 5.78 Å². The Hall–Kier alpha value is -0.590. The topological polar surface area (TPSA) is 17.1 Å². The maximum Gasteiger partial charge on any atom is 0.152 e. The maximum absolute atomic E-state index is 10.9. The molecule has 0 fully saturated rings. The van der Waals surface area contributed by atoms with Crippen LogP contribution >= 0.6 is 0 Å². The zero-order chi connectivity index (χ0) is 13.3. The molecule has 0 bridgehead atoms. The Labute approximate surface area is 108 Å². The molecule has 0 aromatic carbocycles. The fourth-order valence-corrected chi connectivity index (χ4v) is 2.17. The SMILES string of the molecule is CC(=O)C=C(C)CCCC(C)CCCC(C)C. The predicted octanol–water partition coefficient (Wildman–Crippen LogP) is 5.15. The zero-order valence-corrected chi connectivity index (χ0v) is 12.4. The van der Waals surface area contributed by atoms with E-state index in [-0.39, 0.29) is 5.78 Å². The van der Waals surface area contributed by atoms with Crippen molar-refractivity contribution in [2.45, 2.75) is 73.1 Å². The van der Waals surface area contributed by atoms with Crippen LogP contribution in [0.3, 0.4) is 0 Å². The van der Waals surface area contributed by atoms with E-state index in [0.29, 0.717) is 0 Å². The van der Waals surface area contributed by atoms with Gasteiger partial charge in [0.15, 0.2) is 5.78 Å². The number of carbonyl (C=O) groups is 1. The molecule has 0 amide bonds. The van der Waals surface area contributed by atoms with Crippen molar-refractivity contribution in [3.8, 4) is 0 Å². The fourth-order valence-electron chi connectivity index (χ4n) is 2.17. The molecule has 0 saturated heterocycles. The van der Waals surface area contributed by atoms with Gasteiger partial charge in [0.2, 0.25) is 0 Å². The third-order valence-corrected chi connectivity index (χ3v) is 3.20. The summed E-state index contributed by atoms with van der Waals surface area (Å²) in [5.41, 5.74) is 1.23. The molecule has 0 heterocycles. The second-order valence-electron chi connectivity index (χ2n) is 5.92. The van der Waals surface area contributed by atoms with Gasteiger partial charge in [-0.3, -0.25) is 4.79 Å². The van der Waals surface area contributed by atoms with E-state index in [2.05, 4.69) is 27.7 Å². The Morgan fingerprint density at radius 1 is 1.00 bits per heavy atom. The summed E-state index contributed by atoms with van der Waals surface area (Å²) in [4.78, 5) is 10.9. The van der Waals surface area contributed by atoms with Crippen LogP contribution in [0.25, 0.3) is 0 Å². The third kappa shape index (κ3) is 11.7. The minimum absolute atomic E-state index is 0.174. The van der Waals surface area contributed by atoms with Crippen LogP contribution in [0.1, 0.15) is 73.1 Å². The number of carbonyl (C=O) groups excluding carboxylic acids is 1. The smallest absolute Gasteiger partial charge is 0.152 e. The van der Waals surface area contributed by atoms with Crippen molar-refractivity contribution < 1.29 is 4.79 Å². The lowest BCUT2D eigenvalue weighted by Gasteiger charge is -2.12. The summed E-state index contributed by atoms with van der Waals surface area (Å²) in [6, 6.07) is 0. The molecule has 0 N–H and O–H groups in total. The normalized spacial score (nSPS) is 14.1. The van der Waals surface area contributed by atoms with Crippen LogP contribution in [0.4, 0.5) is 0 Å². The van der Waals surface area contributed by atoms with Gasteiger partial charge < -0.3 is 0 Å². The monoisotopic (exact) mass is 238 g/mol. The van der Waals surface area contributed by atoms with Crippen LogP contribution in [0.5, 0.6) is 0 Å². The highest BCUT2D eigenvalue weighted by atomic mass is 16.1. The molecular formula is C16H30O. The van der Waals surface area contributed by atoms with E-state index < -0.39 is 0 Å². The van der Waals surface area contributed by atoms with Gasteiger partial charge in [0.1, 0.15) is 0 Å². The minimum Gasteiger partial charge on any atom is -0.295 e. The summed E-state index contributed by atoms with van der Waals surface area (Å²) >= 11 is 0. The standard InChI is InChI=1S/C16H30O/c1-13(2)8-6-9-14(3)10-7-11-15(4)12-16(5)17/h12-14H,6-11H2,1-5H3. The molecule has 1 nitrogen and oxygen atoms in total. The van der Waals surface area contributed by atoms with Crippen molar-refractivity contribution in [2.75, 3.05) is 0 Å². The largest absolute Gasteiger partial charge is 0.295 e. The first kappa shape index (κ1) is 16.4. The lowest BCUT2D eigenvalue weighted by molar-refractivity contribution is -0.112. The number of hydrogen-bond donors (Lipinski definition) is 0. The fraction of sp³-hybridized carbons (Fsp3) is 0.812. The van der Waals surface area contributed by atoms with Gasteiger partial charge in [0, 0.05) is 0 Å². The van der Waals surface area contributed by atoms with E-state index in [1.165, 1.54) is 37.7 Å². The summed E-state index contributed by atoms with van der Waals surface area (Å²) in [5.74, 6) is 1.84. The second kappa shape index (κ2) is 9.44. The van der Waals surface area contributed by atoms with Crippen LogP contribution in [0, 0.1) is 11.8 Å². The van der Waals surface area contributed by atoms with E-state index in [4.69, 9.17) is 0 Å². The van der Waals surface area contributed by atoms with Gasteiger partial charge >= 0.3 is 0 Å². The molecule has 0 saturated carbocycles. The Balaban J connectivity index is 3.57. The lowest BCUT2D eigenvalue weighted by Crippen LogP contribution is -1.97. The Morgan fingerprint density at radius 3 is 2.12 bits per heavy atom. The molecule has 0 spiro atoms. The number of hydrogen-bond acceptors (Lipinski definition) is 1. The van der Waals surface area contributed by atoms with Gasteiger partial charge in [0.25, 0.3) is 0 Å². The molecule has 0 aliphatic rings. The quantitative estimate of drug-likeness (QED) is 0.507. The van der Waals surface area contributed by atoms with Gasteiger partial charge in [-0.15, -0.1) is 0 Å². The molecule has 1 heteroatoms. The van der Waals surface area contributed by atoms with Gasteiger partial charge in [-0.1, -0.05) is 52.0 Å². The zero-order valence-electron chi connectivity index (χ0n) is 12.4. The first-order chi connectivity index (χ1) is 7.91. The highest BCUT2D eigenvalue weighted by Gasteiger charge is 2.03. The van der Waals surface area contributed by atoms with Gasteiger partial charge in [-0.2, -0.15) is 0 Å². The first-order valence-electron chi connectivity index (χ1n) is 7.09. The van der Waals surface area contributed by atoms with Gasteiger partial charge in [-0.05, 0) is 44.6 Å². The molecule has 17 heavy (non-hydrogen) atoms. The van der Waals surface area contributed by atoms with Gasteiger partial charge in [-0.25, -0.2) is 0 Å². The summed E-state index contributed by atoms with van der Waals surface area (Å²) in [7, 11) is 0. The van der Waals surface area contributed by atoms with Crippen molar-refractivity contribution in [1.82, 2.24) is 0 Å². The molecule has 0 aromatic heterocycles. The molecule has 0 rings (SSSR count). The summed E-state index contributed by atoms with van der Waals surface area (Å²) < 4.78 is 0. The summed E-state index contributed by atoms with van der Waals surface area (Å²) in [6.45, 7) is 10.6. The Morgan fingerprint density at radius 2 is 1.59 bits per heavy atom. The van der Waals surface area contributed by atoms with E-state index in [9.17, 15) is 4.79 Å². The molecule has 0 aliphatic heterocycles. The lowest BCUT2D eigenvalue weighted by atomic mass is 9.94. The van der Waals surface area contributed by atoms with E-state index in [0.717, 1.165) is 18.3 Å². The summed E-state index contributed by atoms with van der Waals surface area (Å²) in [5, 5.41) is 0. The van der Waals surface area contributed by atoms with E-state index >= 15 is 0 Å². The van der Waals surface area contributed by atoms with Crippen LogP contribution in [-0.2, 0) is 4.79 Å². The summed E-state index contributed by atoms with van der Waals surface area (Å²) in [6.07, 6.45) is 9.43. The average molecular weight is 238 g/mol. The molecule has 0 aliphatic carbocycles. The van der Waals surface area contributed by atoms with Gasteiger partial charge in [0.05, 0.1) is 0 Å². The number of ketones is 1. The Bertz CT molecular complexity index is 238.